The van der Waals surface area contributed by atoms with E-state index in [0.717, 1.165) is 11.1 Å². The highest BCUT2D eigenvalue weighted by Crippen LogP contribution is 2.22. The number of rotatable bonds is 8. The van der Waals surface area contributed by atoms with Crippen molar-refractivity contribution in [3.8, 4) is 12.3 Å². The van der Waals surface area contributed by atoms with E-state index >= 15 is 0 Å². The molecule has 0 aromatic heterocycles. The molecular weight excluding hydrogens is 463 g/mol. The summed E-state index contributed by atoms with van der Waals surface area (Å²) in [6.45, 7) is 9.37. The Morgan fingerprint density at radius 1 is 1.31 bits per heavy atom. The van der Waals surface area contributed by atoms with Crippen molar-refractivity contribution in [2.75, 3.05) is 26.3 Å². The number of aliphatic hydroxyl groups excluding tert-OH is 1. The van der Waals surface area contributed by atoms with Crippen molar-refractivity contribution in [3.63, 3.8) is 0 Å². The van der Waals surface area contributed by atoms with Gasteiger partial charge < -0.3 is 19.9 Å². The number of nitrogens with one attached hydrogen (secondary N) is 1. The number of terminal acetylenes is 1. The van der Waals surface area contributed by atoms with Crippen LogP contribution in [0.1, 0.15) is 53.9 Å². The van der Waals surface area contributed by atoms with Gasteiger partial charge in [0.15, 0.2) is 0 Å². The fourth-order valence-corrected chi connectivity index (χ4v) is 2.97. The molecular formula is C28H39FN2O5. The monoisotopic (exact) mass is 502 g/mol. The Morgan fingerprint density at radius 2 is 2.00 bits per heavy atom. The summed E-state index contributed by atoms with van der Waals surface area (Å²) in [6, 6.07) is 0. The van der Waals surface area contributed by atoms with E-state index in [2.05, 4.69) is 22.7 Å². The Labute approximate surface area is 214 Å². The number of carbonyl (C=O) groups is 2. The van der Waals surface area contributed by atoms with Crippen LogP contribution in [0.3, 0.4) is 0 Å². The van der Waals surface area contributed by atoms with Gasteiger partial charge in [0.25, 0.3) is 5.91 Å². The van der Waals surface area contributed by atoms with Gasteiger partial charge in [-0.25, -0.2) is 9.18 Å². The number of esters is 1. The predicted octanol–water partition coefficient (Wildman–Crippen LogP) is 4.51. The van der Waals surface area contributed by atoms with Gasteiger partial charge in [0.2, 0.25) is 0 Å². The second kappa shape index (κ2) is 19.8. The molecule has 1 aliphatic heterocycles. The highest BCUT2D eigenvalue weighted by Gasteiger charge is 2.21. The minimum Gasteiger partial charge on any atom is -0.493 e. The number of hydrogen-bond acceptors (Lipinski definition) is 6. The Bertz CT molecular complexity index is 936. The first kappa shape index (κ1) is 32.6. The number of nitrogens with zero attached hydrogens (tertiary/aromatic N) is 1. The summed E-state index contributed by atoms with van der Waals surface area (Å²) in [5.74, 6) is 1.14. The first-order valence-corrected chi connectivity index (χ1v) is 12.1. The van der Waals surface area contributed by atoms with Gasteiger partial charge >= 0.3 is 5.97 Å². The maximum Gasteiger partial charge on any atom is 0.343 e. The number of halogens is 1. The van der Waals surface area contributed by atoms with E-state index in [-0.39, 0.29) is 43.8 Å². The summed E-state index contributed by atoms with van der Waals surface area (Å²) < 4.78 is 24.5. The van der Waals surface area contributed by atoms with Gasteiger partial charge in [0.1, 0.15) is 17.2 Å². The first-order valence-electron chi connectivity index (χ1n) is 12.1. The maximum absolute atomic E-state index is 13.5. The molecule has 1 atom stereocenters. The third-order valence-corrected chi connectivity index (χ3v) is 4.58. The molecule has 2 rings (SSSR count). The third-order valence-electron chi connectivity index (χ3n) is 4.58. The summed E-state index contributed by atoms with van der Waals surface area (Å²) in [5, 5.41) is 11.9. The predicted molar refractivity (Wildman–Crippen MR) is 142 cm³/mol. The summed E-state index contributed by atoms with van der Waals surface area (Å²) in [5.41, 5.74) is 1.49. The summed E-state index contributed by atoms with van der Waals surface area (Å²) >= 11 is 0. The van der Waals surface area contributed by atoms with Crippen LogP contribution in [-0.4, -0.2) is 55.6 Å². The maximum atomic E-state index is 13.5. The average Bonchev–Trinajstić information content (AvgIpc) is 3.06. The molecule has 2 aliphatic rings. The van der Waals surface area contributed by atoms with Crippen LogP contribution in [0.4, 0.5) is 4.39 Å². The lowest BCUT2D eigenvalue weighted by atomic mass is 10.0. The largest absolute Gasteiger partial charge is 0.493 e. The van der Waals surface area contributed by atoms with Crippen LogP contribution >= 0.6 is 0 Å². The molecule has 1 amide bonds. The number of ether oxygens (including phenoxy) is 2. The van der Waals surface area contributed by atoms with Crippen molar-refractivity contribution in [2.24, 2.45) is 4.99 Å². The highest BCUT2D eigenvalue weighted by atomic mass is 19.1. The molecule has 1 aliphatic carbocycles. The Balaban J connectivity index is 0.00000227. The molecule has 0 fully saturated rings. The summed E-state index contributed by atoms with van der Waals surface area (Å²) in [6.07, 6.45) is 15.2. The number of hydrogen-bond donors (Lipinski definition) is 2. The topological polar surface area (TPSA) is 97.2 Å². The quantitative estimate of drug-likeness (QED) is 0.289. The van der Waals surface area contributed by atoms with E-state index < -0.39 is 11.9 Å². The van der Waals surface area contributed by atoms with Crippen molar-refractivity contribution in [1.29, 1.82) is 0 Å². The molecule has 0 aromatic rings. The van der Waals surface area contributed by atoms with E-state index in [9.17, 15) is 19.1 Å². The van der Waals surface area contributed by atoms with Crippen LogP contribution in [-0.2, 0) is 19.1 Å². The normalized spacial score (nSPS) is 19.6. The van der Waals surface area contributed by atoms with Crippen LogP contribution in [0.2, 0.25) is 0 Å². The van der Waals surface area contributed by atoms with E-state index in [4.69, 9.17) is 9.47 Å². The van der Waals surface area contributed by atoms with Crippen molar-refractivity contribution < 1.29 is 28.6 Å². The zero-order chi connectivity index (χ0) is 27.3. The van der Waals surface area contributed by atoms with Gasteiger partial charge in [-0.15, -0.1) is 12.3 Å². The molecule has 0 saturated carbocycles. The fraction of sp³-hybridized carbons (Fsp3) is 0.464. The molecule has 2 N–H and O–H groups in total. The third kappa shape index (κ3) is 12.9. The van der Waals surface area contributed by atoms with Gasteiger partial charge in [-0.2, -0.15) is 0 Å². The second-order valence-corrected chi connectivity index (χ2v) is 7.31. The molecule has 1 unspecified atom stereocenters. The Morgan fingerprint density at radius 3 is 2.64 bits per heavy atom. The number of amides is 1. The minimum atomic E-state index is -0.709. The zero-order valence-electron chi connectivity index (χ0n) is 22.0. The summed E-state index contributed by atoms with van der Waals surface area (Å²) in [4.78, 5) is 29.0. The molecule has 0 aromatic carbocycles. The zero-order valence-corrected chi connectivity index (χ0v) is 22.0. The van der Waals surface area contributed by atoms with Crippen LogP contribution in [0.15, 0.2) is 63.7 Å². The van der Waals surface area contributed by atoms with Gasteiger partial charge in [-0.05, 0) is 51.0 Å². The lowest BCUT2D eigenvalue weighted by molar-refractivity contribution is -0.140. The number of aliphatic hydroxyl groups is 1. The van der Waals surface area contributed by atoms with Crippen LogP contribution in [0, 0.1) is 12.3 Å². The molecule has 1 heterocycles. The fourth-order valence-electron chi connectivity index (χ4n) is 2.97. The van der Waals surface area contributed by atoms with Gasteiger partial charge in [0, 0.05) is 31.2 Å². The molecule has 198 valence electrons. The number of carbonyl (C=O) groups excluding carboxylic acids is 2. The van der Waals surface area contributed by atoms with E-state index in [0.29, 0.717) is 25.0 Å². The van der Waals surface area contributed by atoms with Gasteiger partial charge in [-0.1, -0.05) is 26.0 Å². The van der Waals surface area contributed by atoms with Crippen molar-refractivity contribution in [1.82, 2.24) is 5.32 Å². The summed E-state index contributed by atoms with van der Waals surface area (Å²) in [7, 11) is 0. The molecule has 8 heteroatoms. The lowest BCUT2D eigenvalue weighted by Gasteiger charge is -2.21. The first-order chi connectivity index (χ1) is 17.4. The van der Waals surface area contributed by atoms with Crippen molar-refractivity contribution in [3.05, 3.63) is 58.7 Å². The highest BCUT2D eigenvalue weighted by molar-refractivity contribution is 6.16. The van der Waals surface area contributed by atoms with E-state index in [1.807, 2.05) is 26.8 Å². The molecule has 0 saturated heterocycles. The molecule has 7 nitrogen and oxygen atoms in total. The second-order valence-electron chi connectivity index (χ2n) is 7.31. The molecule has 36 heavy (non-hydrogen) atoms. The lowest BCUT2D eigenvalue weighted by Crippen LogP contribution is -2.33. The van der Waals surface area contributed by atoms with Gasteiger partial charge in [-0.3, -0.25) is 9.79 Å². The smallest absolute Gasteiger partial charge is 0.343 e. The standard InChI is InChI=1S/C23H29FN2O5.C3H4.C2H6/c1-3-30-23(29)20-9-11-25-14-18(13-17-5-4-6-19(24)8-7-17)21(15-26-22(20)28)31-16(2)10-12-27;1-3-2;1-2/h5-9,14,16,27H,3-4,10-13,15H2,1-2H3,(H,26,28);1H,2H3;1-2H3/b20-9+,21-18+,25-14?;;. The molecule has 0 spiro atoms. The molecule has 0 bridgehead atoms. The van der Waals surface area contributed by atoms with Crippen LogP contribution in [0.25, 0.3) is 0 Å². The average molecular weight is 503 g/mol. The SMILES string of the molecule is C#CC.CC.CCOC(=O)/C1=C/CN=C/C(CC2=CCC=C(F)C=C2)=C(/OC(C)CCO)CNC1=O. The Hall–Kier alpha value is -3.44. The van der Waals surface area contributed by atoms with Crippen LogP contribution in [0.5, 0.6) is 0 Å². The Kier molecular flexibility index (Phi) is 17.9. The number of allylic oxidation sites excluding steroid dienone is 7. The van der Waals surface area contributed by atoms with Crippen molar-refractivity contribution >= 4 is 18.1 Å². The molecule has 0 radical (unpaired) electrons. The minimum absolute atomic E-state index is 0.0241. The van der Waals surface area contributed by atoms with E-state index in [1.165, 1.54) is 18.2 Å². The van der Waals surface area contributed by atoms with Crippen LogP contribution < -0.4 is 5.32 Å². The van der Waals surface area contributed by atoms with E-state index in [1.54, 1.807) is 26.1 Å². The van der Waals surface area contributed by atoms with Gasteiger partial charge in [0.05, 0.1) is 25.8 Å². The number of aliphatic imine (C=N–C) groups is 1. The van der Waals surface area contributed by atoms with Crippen molar-refractivity contribution in [2.45, 2.75) is 60.0 Å².